The van der Waals surface area contributed by atoms with Crippen LogP contribution < -0.4 is 4.90 Å². The summed E-state index contributed by atoms with van der Waals surface area (Å²) in [6, 6.07) is 53.7. The van der Waals surface area contributed by atoms with Gasteiger partial charge in [0.2, 0.25) is 0 Å². The summed E-state index contributed by atoms with van der Waals surface area (Å²) in [6.45, 7) is 7.14. The number of anilines is 3. The van der Waals surface area contributed by atoms with Crippen molar-refractivity contribution in [1.29, 1.82) is 0 Å². The average Bonchev–Trinajstić information content (AvgIpc) is 3.76. The Balaban J connectivity index is 0.992. The van der Waals surface area contributed by atoms with Gasteiger partial charge in [-0.2, -0.15) is 0 Å². The molecule has 0 fully saturated rings. The van der Waals surface area contributed by atoms with E-state index in [1.165, 1.54) is 71.9 Å². The molecule has 1 atom stereocenters. The van der Waals surface area contributed by atoms with E-state index in [1.54, 1.807) is 5.57 Å². The van der Waals surface area contributed by atoms with Crippen molar-refractivity contribution in [3.05, 3.63) is 198 Å². The zero-order valence-corrected chi connectivity index (χ0v) is 33.3. The molecule has 1 heterocycles. The van der Waals surface area contributed by atoms with Crippen LogP contribution in [0.15, 0.2) is 186 Å². The van der Waals surface area contributed by atoms with Gasteiger partial charge >= 0.3 is 0 Å². The Labute approximate surface area is 340 Å². The summed E-state index contributed by atoms with van der Waals surface area (Å²) in [7, 11) is 0. The quantitative estimate of drug-likeness (QED) is 0.168. The Hall–Kier alpha value is -6.64. The molecule has 3 aliphatic rings. The van der Waals surface area contributed by atoms with Crippen LogP contribution in [0.2, 0.25) is 0 Å². The minimum absolute atomic E-state index is 0.0196. The summed E-state index contributed by atoms with van der Waals surface area (Å²) < 4.78 is 6.19. The molecule has 7 aromatic carbocycles. The topological polar surface area (TPSA) is 16.4 Å². The molecule has 58 heavy (non-hydrogen) atoms. The lowest BCUT2D eigenvalue weighted by Crippen LogP contribution is -2.19. The summed E-state index contributed by atoms with van der Waals surface area (Å²) in [5.74, 6) is 0.562. The monoisotopic (exact) mass is 747 g/mol. The fourth-order valence-corrected chi connectivity index (χ4v) is 9.82. The van der Waals surface area contributed by atoms with Gasteiger partial charge < -0.3 is 9.32 Å². The minimum atomic E-state index is 0.0196. The second-order valence-electron chi connectivity index (χ2n) is 16.9. The van der Waals surface area contributed by atoms with Crippen LogP contribution in [0.4, 0.5) is 17.1 Å². The summed E-state index contributed by atoms with van der Waals surface area (Å²) in [6.07, 6.45) is 15.0. The third kappa shape index (κ3) is 5.70. The first-order chi connectivity index (χ1) is 28.4. The van der Waals surface area contributed by atoms with E-state index in [0.29, 0.717) is 5.92 Å². The van der Waals surface area contributed by atoms with Crippen molar-refractivity contribution in [2.75, 3.05) is 4.90 Å². The van der Waals surface area contributed by atoms with Crippen molar-refractivity contribution < 1.29 is 4.42 Å². The van der Waals surface area contributed by atoms with Gasteiger partial charge in [0.25, 0.3) is 0 Å². The molecule has 8 aromatic rings. The van der Waals surface area contributed by atoms with E-state index in [-0.39, 0.29) is 5.41 Å². The summed E-state index contributed by atoms with van der Waals surface area (Å²) in [5, 5.41) is 4.76. The second-order valence-corrected chi connectivity index (χ2v) is 16.9. The summed E-state index contributed by atoms with van der Waals surface area (Å²) in [4.78, 5) is 2.44. The Morgan fingerprint density at radius 3 is 2.16 bits per heavy atom. The molecule has 0 saturated carbocycles. The zero-order chi connectivity index (χ0) is 39.0. The average molecular weight is 748 g/mol. The van der Waals surface area contributed by atoms with Crippen molar-refractivity contribution in [3.8, 4) is 22.3 Å². The highest BCUT2D eigenvalue weighted by Gasteiger charge is 2.38. The molecule has 1 aromatic heterocycles. The zero-order valence-electron chi connectivity index (χ0n) is 33.3. The number of para-hydroxylation sites is 1. The Kier molecular flexibility index (Phi) is 8.05. The molecule has 0 radical (unpaired) electrons. The highest BCUT2D eigenvalue weighted by Crippen LogP contribution is 2.52. The minimum Gasteiger partial charge on any atom is -0.456 e. The van der Waals surface area contributed by atoms with Gasteiger partial charge in [-0.25, -0.2) is 0 Å². The van der Waals surface area contributed by atoms with Gasteiger partial charge in [0.1, 0.15) is 11.2 Å². The molecule has 0 N–H and O–H groups in total. The third-order valence-electron chi connectivity index (χ3n) is 12.9. The van der Waals surface area contributed by atoms with E-state index >= 15 is 0 Å². The lowest BCUT2D eigenvalue weighted by atomic mass is 9.76. The van der Waals surface area contributed by atoms with Crippen molar-refractivity contribution >= 4 is 60.9 Å². The number of hydrogen-bond acceptors (Lipinski definition) is 2. The van der Waals surface area contributed by atoms with Crippen LogP contribution in [0.25, 0.3) is 66.1 Å². The van der Waals surface area contributed by atoms with Crippen molar-refractivity contribution in [2.45, 2.75) is 45.4 Å². The van der Waals surface area contributed by atoms with E-state index in [2.05, 4.69) is 190 Å². The van der Waals surface area contributed by atoms with Crippen LogP contribution in [-0.4, -0.2) is 0 Å². The highest BCUT2D eigenvalue weighted by atomic mass is 16.3. The van der Waals surface area contributed by atoms with Gasteiger partial charge in [-0.15, -0.1) is 0 Å². The molecule has 0 saturated heterocycles. The number of hydrogen-bond donors (Lipinski definition) is 0. The number of fused-ring (bicyclic) bond motifs is 7. The molecule has 0 aliphatic heterocycles. The van der Waals surface area contributed by atoms with Crippen molar-refractivity contribution in [3.63, 3.8) is 0 Å². The first-order valence-corrected chi connectivity index (χ1v) is 20.8. The Bertz CT molecular complexity index is 3070. The van der Waals surface area contributed by atoms with Gasteiger partial charge in [-0.05, 0) is 147 Å². The number of furan rings is 1. The van der Waals surface area contributed by atoms with E-state index in [1.807, 2.05) is 12.1 Å². The smallest absolute Gasteiger partial charge is 0.136 e. The lowest BCUT2D eigenvalue weighted by Gasteiger charge is -2.29. The van der Waals surface area contributed by atoms with Crippen molar-refractivity contribution in [1.82, 2.24) is 0 Å². The molecule has 0 amide bonds. The van der Waals surface area contributed by atoms with E-state index < -0.39 is 0 Å². The Morgan fingerprint density at radius 2 is 1.33 bits per heavy atom. The van der Waals surface area contributed by atoms with Gasteiger partial charge in [0.05, 0.1) is 0 Å². The predicted molar refractivity (Wildman–Crippen MR) is 246 cm³/mol. The van der Waals surface area contributed by atoms with Gasteiger partial charge in [0.15, 0.2) is 0 Å². The Morgan fingerprint density at radius 1 is 0.586 bits per heavy atom. The first-order valence-electron chi connectivity index (χ1n) is 20.8. The maximum Gasteiger partial charge on any atom is 0.136 e. The maximum absolute atomic E-state index is 6.19. The SMILES string of the molecule is CC1C=CC2=C(C1)C(C)(C)c1ccc(N(c3ccc(C4=CCCC=C4)cc3)c3cccc(-c4cccc(-c5ccc6c(ccc7oc8ccccc8c76)c5)c4)c3)cc12. The molecule has 0 spiro atoms. The normalized spacial score (nSPS) is 16.9. The number of allylic oxidation sites excluding steroid dienone is 8. The third-order valence-corrected chi connectivity index (χ3v) is 12.9. The lowest BCUT2D eigenvalue weighted by molar-refractivity contribution is 0.566. The van der Waals surface area contributed by atoms with Crippen LogP contribution in [-0.2, 0) is 5.41 Å². The van der Waals surface area contributed by atoms with Gasteiger partial charge in [0, 0.05) is 33.2 Å². The van der Waals surface area contributed by atoms with Crippen LogP contribution in [0.3, 0.4) is 0 Å². The number of rotatable bonds is 6. The van der Waals surface area contributed by atoms with Crippen LogP contribution in [0, 0.1) is 5.92 Å². The molecule has 1 unspecified atom stereocenters. The molecule has 3 aliphatic carbocycles. The largest absolute Gasteiger partial charge is 0.456 e. The molecular formula is C56H45NO. The van der Waals surface area contributed by atoms with Gasteiger partial charge in [-0.3, -0.25) is 0 Å². The highest BCUT2D eigenvalue weighted by molar-refractivity contribution is 6.19. The molecule has 2 heteroatoms. The van der Waals surface area contributed by atoms with E-state index in [9.17, 15) is 0 Å². The molecule has 280 valence electrons. The van der Waals surface area contributed by atoms with Gasteiger partial charge in [-0.1, -0.05) is 142 Å². The fourth-order valence-electron chi connectivity index (χ4n) is 9.82. The summed E-state index contributed by atoms with van der Waals surface area (Å²) >= 11 is 0. The molecule has 11 rings (SSSR count). The van der Waals surface area contributed by atoms with Crippen LogP contribution in [0.1, 0.15) is 56.7 Å². The maximum atomic E-state index is 6.19. The fraction of sp³-hybridized carbons (Fsp3) is 0.143. The van der Waals surface area contributed by atoms with Crippen molar-refractivity contribution in [2.24, 2.45) is 5.92 Å². The van der Waals surface area contributed by atoms with Crippen LogP contribution in [0.5, 0.6) is 0 Å². The second kappa shape index (κ2) is 13.5. The molecule has 2 nitrogen and oxygen atoms in total. The molecule has 0 bridgehead atoms. The first kappa shape index (κ1) is 34.6. The summed E-state index contributed by atoms with van der Waals surface area (Å²) in [5.41, 5.74) is 18.4. The number of nitrogens with zero attached hydrogens (tertiary/aromatic N) is 1. The number of benzene rings is 7. The van der Waals surface area contributed by atoms with E-state index in [4.69, 9.17) is 4.42 Å². The molecular weight excluding hydrogens is 703 g/mol. The predicted octanol–water partition coefficient (Wildman–Crippen LogP) is 15.9. The van der Waals surface area contributed by atoms with Crippen LogP contribution >= 0.6 is 0 Å². The standard InChI is InChI=1S/C56H45NO/c1-36-19-27-48-50-35-46(26-29-51(50)56(2,3)52(48)31-36)57(44-24-20-38(21-25-44)37-11-5-4-6-12-37)45-16-10-15-41(34-45)39-13-9-14-40(32-39)42-22-28-47-43(33-42)23-30-54-55(47)49-17-7-8-18-53(49)58-54/h5,7-30,32-36H,4,6,31H2,1-3H3. The van der Waals surface area contributed by atoms with E-state index in [0.717, 1.165) is 47.2 Å².